The fourth-order valence-corrected chi connectivity index (χ4v) is 14.6. The van der Waals surface area contributed by atoms with Crippen LogP contribution >= 0.6 is 0 Å². The summed E-state index contributed by atoms with van der Waals surface area (Å²) < 4.78 is 34.7. The van der Waals surface area contributed by atoms with E-state index in [9.17, 15) is 60.7 Å². The lowest BCUT2D eigenvalue weighted by molar-refractivity contribution is -0.361. The highest BCUT2D eigenvalue weighted by Gasteiger charge is 2.70. The van der Waals surface area contributed by atoms with Gasteiger partial charge in [-0.1, -0.05) is 53.2 Å². The van der Waals surface area contributed by atoms with Crippen LogP contribution in [0.25, 0.3) is 0 Å². The number of ketones is 1. The van der Waals surface area contributed by atoms with Gasteiger partial charge in [-0.05, 0) is 104 Å². The van der Waals surface area contributed by atoms with Gasteiger partial charge >= 0.3 is 5.97 Å². The normalized spacial score (nSPS) is 53.7. The average Bonchev–Trinajstić information content (AvgIpc) is 3.27. The number of rotatable bonds is 9. The van der Waals surface area contributed by atoms with E-state index in [1.807, 2.05) is 6.92 Å². The third kappa shape index (κ3) is 7.79. The third-order valence-electron chi connectivity index (χ3n) is 19.2. The molecule has 8 rings (SSSR count). The smallest absolute Gasteiger partial charge is 0.315 e. The van der Waals surface area contributed by atoms with E-state index >= 15 is 0 Å². The number of aliphatic hydroxyl groups excluding tert-OH is 10. The molecule has 4 saturated carbocycles. The van der Waals surface area contributed by atoms with Gasteiger partial charge in [0.2, 0.25) is 6.29 Å². The molecule has 5 aliphatic carbocycles. The Balaban J connectivity index is 0.977. The van der Waals surface area contributed by atoms with Gasteiger partial charge in [-0.15, -0.1) is 0 Å². The zero-order valence-corrected chi connectivity index (χ0v) is 39.4. The van der Waals surface area contributed by atoms with E-state index in [0.29, 0.717) is 25.7 Å². The van der Waals surface area contributed by atoms with Crippen LogP contribution in [-0.4, -0.2) is 175 Å². The maximum Gasteiger partial charge on any atom is 0.315 e. The van der Waals surface area contributed by atoms with Crippen molar-refractivity contribution in [1.29, 1.82) is 0 Å². The minimum Gasteiger partial charge on any atom is -0.432 e. The van der Waals surface area contributed by atoms with Gasteiger partial charge in [-0.25, -0.2) is 0 Å². The highest BCUT2D eigenvalue weighted by molar-refractivity contribution is 5.86. The average molecular weight is 941 g/mol. The minimum absolute atomic E-state index is 0.0655. The molecule has 10 N–H and O–H groups in total. The second kappa shape index (κ2) is 17.8. The summed E-state index contributed by atoms with van der Waals surface area (Å²) in [4.78, 5) is 28.3. The molecule has 8 aliphatic rings. The van der Waals surface area contributed by atoms with Crippen LogP contribution in [0.2, 0.25) is 0 Å². The number of Topliss-reactive ketones (excluding diaryl/α,β-unsaturated/α-hetero) is 1. The fourth-order valence-electron chi connectivity index (χ4n) is 14.6. The predicted molar refractivity (Wildman–Crippen MR) is 229 cm³/mol. The highest BCUT2D eigenvalue weighted by Crippen LogP contribution is 2.75. The van der Waals surface area contributed by atoms with Crippen molar-refractivity contribution in [2.24, 2.45) is 50.2 Å². The number of hydrogen-bond donors (Lipinski definition) is 10. The molecule has 18 nitrogen and oxygen atoms in total. The lowest BCUT2D eigenvalue weighted by Gasteiger charge is -2.70. The first kappa shape index (κ1) is 50.7. The number of esters is 1. The number of allylic oxidation sites excluding steroid dienone is 2. The van der Waals surface area contributed by atoms with Gasteiger partial charge in [0.1, 0.15) is 72.9 Å². The monoisotopic (exact) mass is 941 g/mol. The molecule has 3 heterocycles. The Morgan fingerprint density at radius 1 is 0.712 bits per heavy atom. The van der Waals surface area contributed by atoms with Gasteiger partial charge in [0.25, 0.3) is 0 Å². The Labute approximate surface area is 386 Å². The van der Waals surface area contributed by atoms with Crippen molar-refractivity contribution in [2.45, 2.75) is 205 Å². The molecule has 0 aromatic heterocycles. The molecular formula is C48H76O18. The van der Waals surface area contributed by atoms with Gasteiger partial charge in [0, 0.05) is 6.42 Å². The summed E-state index contributed by atoms with van der Waals surface area (Å²) in [5, 5.41) is 107. The highest BCUT2D eigenvalue weighted by atomic mass is 16.8. The van der Waals surface area contributed by atoms with E-state index in [2.05, 4.69) is 40.7 Å². The summed E-state index contributed by atoms with van der Waals surface area (Å²) in [6, 6.07) is 0. The largest absolute Gasteiger partial charge is 0.432 e. The zero-order chi connectivity index (χ0) is 48.3. The standard InChI is InChI=1S/C48H76O18/c1-22-30(52)32(54)35(57)40(62-22)65-38-25(19-49)63-39(37(59)34(38)56)61-20-26-31(53)33(55)36(58)41(64-26)66-42(60)48-16-14-43(2,3)18-24(48)23-8-9-28-44(4)12-11-29(51)45(5,21-50)27(44)10-13-47(28,7)46(23,6)15-17-48/h8,22,24-28,30-41,49-50,52-59H,9-21H2,1-7H3/t22-,24-,25+,26+,27+,28+,30-,31+,32+,33-,34+,35+,36+,37+,38+,39+,40-,41-,44-,45-,46+,47+,48-/m0/s1. The number of ether oxygens (including phenoxy) is 6. The van der Waals surface area contributed by atoms with Crippen molar-refractivity contribution in [2.75, 3.05) is 19.8 Å². The minimum atomic E-state index is -1.85. The molecule has 0 unspecified atom stereocenters. The Kier molecular flexibility index (Phi) is 13.7. The topological polar surface area (TPSA) is 292 Å². The van der Waals surface area contributed by atoms with Crippen LogP contribution in [0, 0.1) is 50.2 Å². The Bertz CT molecular complexity index is 1840. The molecule has 0 bridgehead atoms. The van der Waals surface area contributed by atoms with E-state index < -0.39 is 122 Å². The lowest BCUT2D eigenvalue weighted by atomic mass is 9.33. The van der Waals surface area contributed by atoms with Crippen LogP contribution < -0.4 is 0 Å². The quantitative estimate of drug-likeness (QED) is 0.110. The summed E-state index contributed by atoms with van der Waals surface area (Å²) in [6.07, 6.45) is -14.9. The lowest BCUT2D eigenvalue weighted by Crippen LogP contribution is -2.66. The van der Waals surface area contributed by atoms with Crippen molar-refractivity contribution in [3.8, 4) is 0 Å². The fraction of sp³-hybridized carbons (Fsp3) is 0.917. The molecule has 376 valence electrons. The summed E-state index contributed by atoms with van der Waals surface area (Å²) in [7, 11) is 0. The van der Waals surface area contributed by atoms with Crippen LogP contribution in [0.3, 0.4) is 0 Å². The Morgan fingerprint density at radius 3 is 2.03 bits per heavy atom. The molecule has 18 heteroatoms. The predicted octanol–water partition coefficient (Wildman–Crippen LogP) is 0.349. The van der Waals surface area contributed by atoms with E-state index in [0.717, 1.165) is 38.5 Å². The number of aliphatic hydroxyl groups is 10. The molecule has 23 atom stereocenters. The van der Waals surface area contributed by atoms with Crippen molar-refractivity contribution >= 4 is 11.8 Å². The first-order valence-electron chi connectivity index (χ1n) is 24.2. The Morgan fingerprint density at radius 2 is 1.35 bits per heavy atom. The molecule has 0 amide bonds. The van der Waals surface area contributed by atoms with Gasteiger partial charge < -0.3 is 79.5 Å². The van der Waals surface area contributed by atoms with Crippen LogP contribution in [-0.2, 0) is 38.0 Å². The van der Waals surface area contributed by atoms with Crippen LogP contribution in [0.4, 0.5) is 0 Å². The molecular weight excluding hydrogens is 865 g/mol. The number of fused-ring (bicyclic) bond motifs is 7. The van der Waals surface area contributed by atoms with Gasteiger partial charge in [-0.2, -0.15) is 0 Å². The van der Waals surface area contributed by atoms with Crippen molar-refractivity contribution in [3.05, 3.63) is 11.6 Å². The molecule has 0 spiro atoms. The van der Waals surface area contributed by atoms with Crippen LogP contribution in [0.15, 0.2) is 11.6 Å². The zero-order valence-electron chi connectivity index (χ0n) is 39.4. The SMILES string of the molecule is C[C@@H]1O[C@@H](O[C@H]2[C@H](O)[C@@H](O)[C@H](OC[C@H]3O[C@@H](OC(=O)[C@]45CCC(C)(C)C[C@H]4C4=CC[C@@H]6[C@@]7(C)CCC(=O)[C@@](C)(CO)[C@@H]7CC[C@@]6(C)[C@]4(C)CC5)[C@H](O)[C@@H](O)[C@@H]3O)O[C@@H]2CO)[C@H](O)[C@H](O)[C@H]1O. The van der Waals surface area contributed by atoms with Crippen molar-refractivity contribution in [3.63, 3.8) is 0 Å². The molecule has 0 aromatic carbocycles. The second-order valence-corrected chi connectivity index (χ2v) is 23.1. The van der Waals surface area contributed by atoms with Gasteiger partial charge in [-0.3, -0.25) is 9.59 Å². The molecule has 3 aliphatic heterocycles. The van der Waals surface area contributed by atoms with Gasteiger partial charge in [0.15, 0.2) is 12.6 Å². The molecule has 66 heavy (non-hydrogen) atoms. The number of carbonyl (C=O) groups is 2. The summed E-state index contributed by atoms with van der Waals surface area (Å²) in [6.45, 7) is 13.4. The van der Waals surface area contributed by atoms with E-state index in [-0.39, 0.29) is 51.8 Å². The van der Waals surface area contributed by atoms with E-state index in [4.69, 9.17) is 28.4 Å². The van der Waals surface area contributed by atoms with Crippen molar-refractivity contribution < 1.29 is 89.1 Å². The first-order chi connectivity index (χ1) is 30.8. The Hall–Kier alpha value is -1.72. The van der Waals surface area contributed by atoms with E-state index in [1.54, 1.807) is 0 Å². The maximum atomic E-state index is 15.0. The van der Waals surface area contributed by atoms with E-state index in [1.165, 1.54) is 12.5 Å². The first-order valence-corrected chi connectivity index (χ1v) is 24.2. The molecule has 0 aromatic rings. The second-order valence-electron chi connectivity index (χ2n) is 23.1. The maximum absolute atomic E-state index is 15.0. The number of hydrogen-bond acceptors (Lipinski definition) is 18. The van der Waals surface area contributed by atoms with Crippen molar-refractivity contribution in [1.82, 2.24) is 0 Å². The number of carbonyl (C=O) groups excluding carboxylic acids is 2. The van der Waals surface area contributed by atoms with Gasteiger partial charge in [0.05, 0.1) is 36.8 Å². The van der Waals surface area contributed by atoms with Crippen LogP contribution in [0.1, 0.15) is 113 Å². The molecule has 3 saturated heterocycles. The third-order valence-corrected chi connectivity index (χ3v) is 19.2. The van der Waals surface area contributed by atoms with Crippen LogP contribution in [0.5, 0.6) is 0 Å². The summed E-state index contributed by atoms with van der Waals surface area (Å²) >= 11 is 0. The molecule has 0 radical (unpaired) electrons. The summed E-state index contributed by atoms with van der Waals surface area (Å²) in [5.74, 6) is -0.289. The molecule has 7 fully saturated rings. The summed E-state index contributed by atoms with van der Waals surface area (Å²) in [5.41, 5.74) is -1.18.